The van der Waals surface area contributed by atoms with Crippen LogP contribution < -0.4 is 5.32 Å². The topological polar surface area (TPSA) is 99.2 Å². The molecule has 1 N–H and O–H groups in total. The summed E-state index contributed by atoms with van der Waals surface area (Å²) >= 11 is 0. The van der Waals surface area contributed by atoms with Gasteiger partial charge in [-0.05, 0) is 62.7 Å². The highest BCUT2D eigenvalue weighted by atomic mass is 16.5. The first-order valence-corrected chi connectivity index (χ1v) is 10.6. The number of nitrogens with one attached hydrogen (secondary N) is 1. The molecule has 3 aromatic heterocycles. The van der Waals surface area contributed by atoms with Crippen LogP contribution in [0.4, 0.5) is 5.69 Å². The summed E-state index contributed by atoms with van der Waals surface area (Å²) in [6.07, 6.45) is 6.25. The van der Waals surface area contributed by atoms with E-state index in [0.29, 0.717) is 40.3 Å². The van der Waals surface area contributed by atoms with Gasteiger partial charge < -0.3 is 14.5 Å². The number of rotatable bonds is 7. The minimum Gasteiger partial charge on any atom is -0.463 e. The fourth-order valence-corrected chi connectivity index (χ4v) is 3.36. The van der Waals surface area contributed by atoms with Crippen LogP contribution in [0, 0.1) is 0 Å². The molecule has 0 saturated carbocycles. The Kier molecular flexibility index (Phi) is 6.35. The molecule has 4 rings (SSSR count). The standard InChI is InChI=1S/C25H24N4O4/c1-4-32-23(30)12-9-17-7-10-18(11-8-17)27-25(31)19-14-21(22-6-5-13-33-22)28-24-20(19)15-26-29(24)16(2)3/h5-16H,4H2,1-3H3,(H,27,31)/b12-9+. The SMILES string of the molecule is CCOC(=O)/C=C/c1ccc(NC(=O)c2cc(-c3ccco3)nc3c2cnn3C(C)C)cc1. The highest BCUT2D eigenvalue weighted by Gasteiger charge is 2.19. The lowest BCUT2D eigenvalue weighted by Gasteiger charge is -2.10. The fraction of sp³-hybridized carbons (Fsp3) is 0.200. The minimum atomic E-state index is -0.397. The van der Waals surface area contributed by atoms with Crippen LogP contribution in [-0.2, 0) is 9.53 Å². The number of pyridine rings is 1. The molecular weight excluding hydrogens is 420 g/mol. The van der Waals surface area contributed by atoms with Gasteiger partial charge in [-0.2, -0.15) is 5.10 Å². The summed E-state index contributed by atoms with van der Waals surface area (Å²) in [4.78, 5) is 29.4. The molecule has 3 heterocycles. The Morgan fingerprint density at radius 2 is 2.00 bits per heavy atom. The monoisotopic (exact) mass is 444 g/mol. The maximum absolute atomic E-state index is 13.2. The average molecular weight is 444 g/mol. The van der Waals surface area contributed by atoms with E-state index < -0.39 is 5.97 Å². The van der Waals surface area contributed by atoms with Gasteiger partial charge >= 0.3 is 5.97 Å². The number of ether oxygens (including phenoxy) is 1. The van der Waals surface area contributed by atoms with E-state index >= 15 is 0 Å². The van der Waals surface area contributed by atoms with Crippen molar-refractivity contribution in [3.63, 3.8) is 0 Å². The summed E-state index contributed by atoms with van der Waals surface area (Å²) in [6.45, 7) is 6.09. The summed E-state index contributed by atoms with van der Waals surface area (Å²) in [5.74, 6) is -0.112. The first-order chi connectivity index (χ1) is 16.0. The molecule has 4 aromatic rings. The molecule has 0 aliphatic heterocycles. The van der Waals surface area contributed by atoms with Crippen molar-refractivity contribution in [3.05, 3.63) is 72.1 Å². The summed E-state index contributed by atoms with van der Waals surface area (Å²) in [6, 6.07) is 12.5. The molecule has 8 heteroatoms. The van der Waals surface area contributed by atoms with Crippen molar-refractivity contribution in [1.82, 2.24) is 14.8 Å². The number of benzene rings is 1. The third-order valence-electron chi connectivity index (χ3n) is 4.94. The second-order valence-corrected chi connectivity index (χ2v) is 7.61. The number of hydrogen-bond donors (Lipinski definition) is 1. The van der Waals surface area contributed by atoms with Gasteiger partial charge in [0, 0.05) is 17.8 Å². The molecule has 0 aliphatic carbocycles. The third kappa shape index (κ3) is 4.85. The van der Waals surface area contributed by atoms with Crippen LogP contribution in [0.3, 0.4) is 0 Å². The van der Waals surface area contributed by atoms with Gasteiger partial charge in [-0.1, -0.05) is 12.1 Å². The zero-order valence-corrected chi connectivity index (χ0v) is 18.6. The summed E-state index contributed by atoms with van der Waals surface area (Å²) < 4.78 is 12.2. The maximum Gasteiger partial charge on any atom is 0.330 e. The van der Waals surface area contributed by atoms with Crippen molar-refractivity contribution >= 4 is 34.7 Å². The Morgan fingerprint density at radius 3 is 2.67 bits per heavy atom. The Bertz CT molecular complexity index is 1300. The van der Waals surface area contributed by atoms with Crippen molar-refractivity contribution in [1.29, 1.82) is 0 Å². The van der Waals surface area contributed by atoms with Crippen LogP contribution in [-0.4, -0.2) is 33.2 Å². The second kappa shape index (κ2) is 9.52. The predicted octanol–water partition coefficient (Wildman–Crippen LogP) is 5.10. The van der Waals surface area contributed by atoms with Gasteiger partial charge in [-0.25, -0.2) is 14.5 Å². The summed E-state index contributed by atoms with van der Waals surface area (Å²) in [5.41, 5.74) is 3.05. The Labute approximate surface area is 190 Å². The first-order valence-electron chi connectivity index (χ1n) is 10.6. The molecule has 168 valence electrons. The van der Waals surface area contributed by atoms with Crippen molar-refractivity contribution in [2.75, 3.05) is 11.9 Å². The average Bonchev–Trinajstić information content (AvgIpc) is 3.48. The van der Waals surface area contributed by atoms with Gasteiger partial charge in [0.1, 0.15) is 5.69 Å². The van der Waals surface area contributed by atoms with Crippen LogP contribution in [0.5, 0.6) is 0 Å². The van der Waals surface area contributed by atoms with Gasteiger partial charge in [0.25, 0.3) is 5.91 Å². The third-order valence-corrected chi connectivity index (χ3v) is 4.94. The molecule has 1 amide bonds. The van der Waals surface area contributed by atoms with Gasteiger partial charge in [0.2, 0.25) is 0 Å². The molecule has 8 nitrogen and oxygen atoms in total. The zero-order valence-electron chi connectivity index (χ0n) is 18.6. The Hall–Kier alpha value is -4.20. The Morgan fingerprint density at radius 1 is 1.21 bits per heavy atom. The molecule has 0 atom stereocenters. The number of esters is 1. The fourth-order valence-electron chi connectivity index (χ4n) is 3.36. The second-order valence-electron chi connectivity index (χ2n) is 7.61. The van der Waals surface area contributed by atoms with Crippen LogP contribution in [0.2, 0.25) is 0 Å². The quantitative estimate of drug-likeness (QED) is 0.314. The number of fused-ring (bicyclic) bond motifs is 1. The van der Waals surface area contributed by atoms with E-state index in [1.54, 1.807) is 72.6 Å². The molecular formula is C25H24N4O4. The molecule has 0 spiro atoms. The first kappa shape index (κ1) is 22.0. The number of nitrogens with zero attached hydrogens (tertiary/aromatic N) is 3. The van der Waals surface area contributed by atoms with E-state index in [4.69, 9.17) is 9.15 Å². The number of anilines is 1. The molecule has 0 bridgehead atoms. The smallest absolute Gasteiger partial charge is 0.330 e. The van der Waals surface area contributed by atoms with E-state index in [9.17, 15) is 9.59 Å². The van der Waals surface area contributed by atoms with Gasteiger partial charge in [-0.3, -0.25) is 4.79 Å². The normalized spacial score (nSPS) is 11.4. The number of amides is 1. The largest absolute Gasteiger partial charge is 0.463 e. The molecule has 0 saturated heterocycles. The number of furan rings is 1. The van der Waals surface area contributed by atoms with Gasteiger partial charge in [0.15, 0.2) is 11.4 Å². The van der Waals surface area contributed by atoms with Crippen LogP contribution in [0.1, 0.15) is 42.7 Å². The maximum atomic E-state index is 13.2. The zero-order chi connectivity index (χ0) is 23.4. The van der Waals surface area contributed by atoms with E-state index in [-0.39, 0.29) is 11.9 Å². The lowest BCUT2D eigenvalue weighted by molar-refractivity contribution is -0.137. The number of aromatic nitrogens is 3. The van der Waals surface area contributed by atoms with Crippen molar-refractivity contribution < 1.29 is 18.7 Å². The van der Waals surface area contributed by atoms with E-state index in [0.717, 1.165) is 5.56 Å². The number of hydrogen-bond acceptors (Lipinski definition) is 6. The van der Waals surface area contributed by atoms with Crippen molar-refractivity contribution in [2.45, 2.75) is 26.8 Å². The summed E-state index contributed by atoms with van der Waals surface area (Å²) in [5, 5.41) is 8.01. The lowest BCUT2D eigenvalue weighted by Crippen LogP contribution is -2.13. The Balaban J connectivity index is 1.62. The molecule has 0 unspecified atom stereocenters. The molecule has 33 heavy (non-hydrogen) atoms. The minimum absolute atomic E-state index is 0.0768. The van der Waals surface area contributed by atoms with Crippen LogP contribution in [0.15, 0.2) is 65.4 Å². The number of carbonyl (C=O) groups is 2. The van der Waals surface area contributed by atoms with E-state index in [2.05, 4.69) is 15.4 Å². The molecule has 0 aliphatic rings. The molecule has 1 aromatic carbocycles. The molecule has 0 fully saturated rings. The van der Waals surface area contributed by atoms with Crippen LogP contribution in [0.25, 0.3) is 28.6 Å². The van der Waals surface area contributed by atoms with Crippen LogP contribution >= 0.6 is 0 Å². The van der Waals surface area contributed by atoms with Crippen molar-refractivity contribution in [3.8, 4) is 11.5 Å². The lowest BCUT2D eigenvalue weighted by atomic mass is 10.1. The highest BCUT2D eigenvalue weighted by Crippen LogP contribution is 2.27. The van der Waals surface area contributed by atoms with Crippen molar-refractivity contribution in [2.24, 2.45) is 0 Å². The van der Waals surface area contributed by atoms with Gasteiger partial charge in [0.05, 0.1) is 30.0 Å². The highest BCUT2D eigenvalue weighted by molar-refractivity contribution is 6.12. The van der Waals surface area contributed by atoms with Gasteiger partial charge in [-0.15, -0.1) is 0 Å². The van der Waals surface area contributed by atoms with E-state index in [1.165, 1.54) is 6.08 Å². The number of carbonyl (C=O) groups excluding carboxylic acids is 2. The predicted molar refractivity (Wildman–Crippen MR) is 126 cm³/mol. The summed E-state index contributed by atoms with van der Waals surface area (Å²) in [7, 11) is 0. The molecule has 0 radical (unpaired) electrons. The van der Waals surface area contributed by atoms with E-state index in [1.807, 2.05) is 13.8 Å².